The van der Waals surface area contributed by atoms with Crippen LogP contribution in [0.25, 0.3) is 10.9 Å². The number of aryl methyl sites for hydroxylation is 2. The van der Waals surface area contributed by atoms with Gasteiger partial charge in [-0.25, -0.2) is 18.2 Å². The number of alkyl halides is 3. The molecule has 6 aliphatic rings. The number of nitrogens with one attached hydrogen (secondary N) is 2. The number of nitrogens with zero attached hydrogens (tertiary/aromatic N) is 3. The van der Waals surface area contributed by atoms with Crippen LogP contribution in [0.1, 0.15) is 82.4 Å². The minimum absolute atomic E-state index is 0.0462. The molecule has 320 valence electrons. The molecule has 5 atom stereocenters. The number of fused-ring (bicyclic) bond motifs is 5. The quantitative estimate of drug-likeness (QED) is 0.333. The van der Waals surface area contributed by atoms with E-state index in [9.17, 15) is 45.9 Å². The van der Waals surface area contributed by atoms with E-state index >= 15 is 0 Å². The second-order valence-corrected chi connectivity index (χ2v) is 19.5. The van der Waals surface area contributed by atoms with Crippen LogP contribution >= 0.6 is 0 Å². The van der Waals surface area contributed by atoms with Crippen LogP contribution in [0.15, 0.2) is 30.4 Å². The highest BCUT2D eigenvalue weighted by atomic mass is 32.2. The summed E-state index contributed by atoms with van der Waals surface area (Å²) in [6, 6.07) is 1.42. The Morgan fingerprint density at radius 1 is 1.14 bits per heavy atom. The fourth-order valence-electron chi connectivity index (χ4n) is 9.01. The van der Waals surface area contributed by atoms with E-state index in [4.69, 9.17) is 9.47 Å². The van der Waals surface area contributed by atoms with E-state index in [1.807, 2.05) is 12.2 Å². The lowest BCUT2D eigenvalue weighted by Crippen LogP contribution is -2.59. The van der Waals surface area contributed by atoms with E-state index in [1.165, 1.54) is 23.1 Å². The summed E-state index contributed by atoms with van der Waals surface area (Å²) in [5.41, 5.74) is -1.41. The van der Waals surface area contributed by atoms with Crippen molar-refractivity contribution in [1.29, 1.82) is 0 Å². The highest BCUT2D eigenvalue weighted by Crippen LogP contribution is 2.49. The molecule has 2 saturated carbocycles. The standard InChI is InChI=1S/C40H48F3N5O10S/c1-23-32-27(28-16-26(57-40(41,42)43)10-11-29(28)44-23)12-13-38(58-32)18-31-33(49)45-39(35(51)46-59(54,55)37(2)14-15-37)17-25(39)8-6-4-3-5-7-9-30(34(50)48(31)22-38)47(36(52)53)19-24-20-56-21-24/h6,8,10-11,16,24-25,30-31H,3-5,7,9,12-15,17-22H2,1-2H3,(H,45,49)(H,46,51)(H,52,53)/b8-6-/t25-,30+,31+,38-,39-/m1/s1. The van der Waals surface area contributed by atoms with Crippen LogP contribution in [-0.4, -0.2) is 113 Å². The van der Waals surface area contributed by atoms with Crippen LogP contribution < -0.4 is 19.5 Å². The first kappa shape index (κ1) is 41.1. The number of benzene rings is 1. The number of hydrogen-bond acceptors (Lipinski definition) is 10. The Bertz CT molecular complexity index is 2210. The second-order valence-electron chi connectivity index (χ2n) is 17.3. The van der Waals surface area contributed by atoms with Gasteiger partial charge in [-0.3, -0.25) is 24.0 Å². The first-order chi connectivity index (χ1) is 27.8. The molecule has 0 radical (unpaired) electrons. The molecular weight excluding hydrogens is 800 g/mol. The van der Waals surface area contributed by atoms with E-state index < -0.39 is 79.8 Å². The first-order valence-corrected chi connectivity index (χ1v) is 21.6. The number of aromatic nitrogens is 1. The Morgan fingerprint density at radius 2 is 1.90 bits per heavy atom. The fraction of sp³-hybridized carbons (Fsp3) is 0.625. The smallest absolute Gasteiger partial charge is 0.483 e. The summed E-state index contributed by atoms with van der Waals surface area (Å²) in [4.78, 5) is 63.6. The van der Waals surface area contributed by atoms with Crippen molar-refractivity contribution < 1.29 is 60.1 Å². The Labute approximate surface area is 339 Å². The molecule has 5 heterocycles. The molecule has 0 bridgehead atoms. The van der Waals surface area contributed by atoms with Gasteiger partial charge in [-0.15, -0.1) is 13.2 Å². The van der Waals surface area contributed by atoms with Crippen LogP contribution in [0.4, 0.5) is 18.0 Å². The topological polar surface area (TPSA) is 194 Å². The molecule has 8 rings (SSSR count). The Morgan fingerprint density at radius 3 is 2.58 bits per heavy atom. The second kappa shape index (κ2) is 14.8. The number of rotatable bonds is 7. The lowest BCUT2D eigenvalue weighted by atomic mass is 9.87. The minimum atomic E-state index is -4.92. The summed E-state index contributed by atoms with van der Waals surface area (Å²) in [6.07, 6.45) is 1.50. The molecule has 2 aromatic rings. The maximum absolute atomic E-state index is 15.0. The zero-order valence-electron chi connectivity index (χ0n) is 32.8. The number of allylic oxidation sites excluding steroid dienone is 1. The summed E-state index contributed by atoms with van der Waals surface area (Å²) < 4.78 is 83.3. The summed E-state index contributed by atoms with van der Waals surface area (Å²) in [7, 11) is -4.07. The van der Waals surface area contributed by atoms with E-state index in [0.717, 1.165) is 4.90 Å². The molecule has 4 aliphatic heterocycles. The maximum Gasteiger partial charge on any atom is 0.573 e. The van der Waals surface area contributed by atoms with Crippen molar-refractivity contribution in [2.24, 2.45) is 11.8 Å². The number of ether oxygens (including phenoxy) is 3. The van der Waals surface area contributed by atoms with Crippen molar-refractivity contribution in [1.82, 2.24) is 24.8 Å². The molecule has 0 unspecified atom stereocenters. The van der Waals surface area contributed by atoms with Gasteiger partial charge < -0.3 is 29.5 Å². The average molecular weight is 848 g/mol. The third-order valence-electron chi connectivity index (χ3n) is 12.9. The number of sulfonamides is 1. The van der Waals surface area contributed by atoms with Gasteiger partial charge in [-0.05, 0) is 83.4 Å². The van der Waals surface area contributed by atoms with Crippen molar-refractivity contribution in [2.75, 3.05) is 26.3 Å². The van der Waals surface area contributed by atoms with E-state index in [0.29, 0.717) is 79.6 Å². The van der Waals surface area contributed by atoms with E-state index in [-0.39, 0.29) is 51.1 Å². The molecule has 1 aromatic carbocycles. The minimum Gasteiger partial charge on any atom is -0.483 e. The first-order valence-electron chi connectivity index (χ1n) is 20.1. The predicted octanol–water partition coefficient (Wildman–Crippen LogP) is 4.50. The largest absolute Gasteiger partial charge is 0.573 e. The average Bonchev–Trinajstić information content (AvgIpc) is 4.03. The van der Waals surface area contributed by atoms with Crippen molar-refractivity contribution in [3.63, 3.8) is 0 Å². The normalized spacial score (nSPS) is 30.0. The number of hydrogen-bond donors (Lipinski definition) is 3. The monoisotopic (exact) mass is 847 g/mol. The molecule has 2 aliphatic carbocycles. The molecule has 4 amide bonds. The van der Waals surface area contributed by atoms with Crippen molar-refractivity contribution in [3.05, 3.63) is 41.6 Å². The number of halogens is 3. The summed E-state index contributed by atoms with van der Waals surface area (Å²) in [5.74, 6) is -2.98. The number of carbonyl (C=O) groups is 4. The lowest BCUT2D eigenvalue weighted by molar-refractivity contribution is -0.274. The molecular formula is C40H48F3N5O10S. The van der Waals surface area contributed by atoms with Gasteiger partial charge in [-0.1, -0.05) is 25.0 Å². The van der Waals surface area contributed by atoms with Gasteiger partial charge >= 0.3 is 12.5 Å². The number of amides is 4. The van der Waals surface area contributed by atoms with Gasteiger partial charge in [0.2, 0.25) is 21.8 Å². The van der Waals surface area contributed by atoms with Crippen LogP contribution in [0.3, 0.4) is 0 Å². The molecule has 1 aromatic heterocycles. The fourth-order valence-corrected chi connectivity index (χ4v) is 10.3. The van der Waals surface area contributed by atoms with Crippen LogP contribution in [0.5, 0.6) is 11.5 Å². The highest BCUT2D eigenvalue weighted by Gasteiger charge is 2.64. The molecule has 1 spiro atoms. The lowest BCUT2D eigenvalue weighted by Gasteiger charge is -2.38. The van der Waals surface area contributed by atoms with Gasteiger partial charge in [0.1, 0.15) is 34.7 Å². The molecule has 4 fully saturated rings. The van der Waals surface area contributed by atoms with Crippen molar-refractivity contribution in [3.8, 4) is 11.5 Å². The van der Waals surface area contributed by atoms with Gasteiger partial charge in [0.25, 0.3) is 5.91 Å². The molecule has 59 heavy (non-hydrogen) atoms. The Kier molecular flexibility index (Phi) is 10.3. The van der Waals surface area contributed by atoms with Gasteiger partial charge in [0, 0.05) is 35.8 Å². The van der Waals surface area contributed by atoms with E-state index in [2.05, 4.69) is 19.8 Å². The number of carboxylic acid groups (broad SMARTS) is 1. The van der Waals surface area contributed by atoms with Gasteiger partial charge in [0.05, 0.1) is 35.7 Å². The third-order valence-corrected chi connectivity index (χ3v) is 15.1. The molecule has 2 saturated heterocycles. The Balaban J connectivity index is 1.16. The van der Waals surface area contributed by atoms with Gasteiger partial charge in [-0.2, -0.15) is 0 Å². The van der Waals surface area contributed by atoms with Crippen molar-refractivity contribution >= 4 is 44.7 Å². The van der Waals surface area contributed by atoms with E-state index in [1.54, 1.807) is 13.8 Å². The highest BCUT2D eigenvalue weighted by molar-refractivity contribution is 7.91. The van der Waals surface area contributed by atoms with Crippen LogP contribution in [-0.2, 0) is 35.6 Å². The van der Waals surface area contributed by atoms with Crippen molar-refractivity contribution in [2.45, 2.75) is 119 Å². The van der Waals surface area contributed by atoms with Crippen LogP contribution in [0.2, 0.25) is 0 Å². The summed E-state index contributed by atoms with van der Waals surface area (Å²) in [5, 5.41) is 13.7. The molecule has 3 N–H and O–H groups in total. The van der Waals surface area contributed by atoms with Gasteiger partial charge in [0.15, 0.2) is 0 Å². The van der Waals surface area contributed by atoms with Crippen LogP contribution in [0, 0.1) is 18.8 Å². The number of pyridine rings is 1. The maximum atomic E-state index is 15.0. The SMILES string of the molecule is Cc1nc2ccc(OC(F)(F)F)cc2c2c1O[C@]1(CC2)C[C@H]2C(=O)N[C@]3(C(=O)NS(=O)(=O)C4(C)CC4)C[C@H]3/C=C\CCCCC[C@H](N(CC3COC3)C(=O)O)C(=O)N2C1. The third kappa shape index (κ3) is 7.91. The zero-order valence-corrected chi connectivity index (χ0v) is 33.6. The molecule has 19 heteroatoms. The Hall–Kier alpha value is -4.65. The predicted molar refractivity (Wildman–Crippen MR) is 204 cm³/mol. The summed E-state index contributed by atoms with van der Waals surface area (Å²) in [6.45, 7) is 3.82. The zero-order chi connectivity index (χ0) is 42.1. The molecule has 15 nitrogen and oxygen atoms in total. The number of carbonyl (C=O) groups excluding carboxylic acids is 3. The summed E-state index contributed by atoms with van der Waals surface area (Å²) >= 11 is 0.